The molecule has 0 bridgehead atoms. The van der Waals surface area contributed by atoms with E-state index in [9.17, 15) is 9.59 Å². The van der Waals surface area contributed by atoms with Crippen molar-refractivity contribution in [3.63, 3.8) is 0 Å². The molecular formula is C25H32Cl2N2O2S. The standard InChI is InChI=1S/C25H32Cl2N2O2S/c1-5-18(4)28-25(31)23(6-2)29(14-19-10-8-7-9-17(19)3)24(30)16-32-15-20-11-12-21(26)13-22(20)27/h7-13,18,23H,5-6,14-16H2,1-4H3,(H,28,31)/t18-,23+/m1/s1. The predicted molar refractivity (Wildman–Crippen MR) is 136 cm³/mol. The average molecular weight is 496 g/mol. The second-order valence-corrected chi connectivity index (χ2v) is 9.75. The summed E-state index contributed by atoms with van der Waals surface area (Å²) in [5.41, 5.74) is 3.07. The van der Waals surface area contributed by atoms with E-state index in [0.29, 0.717) is 28.8 Å². The number of rotatable bonds is 11. The quantitative estimate of drug-likeness (QED) is 0.401. The highest BCUT2D eigenvalue weighted by Gasteiger charge is 2.29. The van der Waals surface area contributed by atoms with E-state index in [1.165, 1.54) is 11.8 Å². The lowest BCUT2D eigenvalue weighted by Gasteiger charge is -2.32. The second-order valence-electron chi connectivity index (χ2n) is 7.92. The predicted octanol–water partition coefficient (Wildman–Crippen LogP) is 6.26. The van der Waals surface area contributed by atoms with Gasteiger partial charge in [0.05, 0.1) is 5.75 Å². The molecule has 0 spiro atoms. The Morgan fingerprint density at radius 3 is 2.41 bits per heavy atom. The Kier molecular flexibility index (Phi) is 10.9. The van der Waals surface area contributed by atoms with Crippen LogP contribution in [-0.2, 0) is 21.9 Å². The fraction of sp³-hybridized carbons (Fsp3) is 0.440. The lowest BCUT2D eigenvalue weighted by molar-refractivity contribution is -0.139. The van der Waals surface area contributed by atoms with Gasteiger partial charge in [0, 0.05) is 28.4 Å². The van der Waals surface area contributed by atoms with Gasteiger partial charge in [0.15, 0.2) is 0 Å². The van der Waals surface area contributed by atoms with E-state index in [2.05, 4.69) is 5.32 Å². The summed E-state index contributed by atoms with van der Waals surface area (Å²) < 4.78 is 0. The fourth-order valence-electron chi connectivity index (χ4n) is 3.30. The molecule has 2 atom stereocenters. The van der Waals surface area contributed by atoms with Gasteiger partial charge in [-0.2, -0.15) is 0 Å². The first-order valence-corrected chi connectivity index (χ1v) is 12.8. The van der Waals surface area contributed by atoms with Crippen LogP contribution in [-0.4, -0.2) is 34.6 Å². The summed E-state index contributed by atoms with van der Waals surface area (Å²) >= 11 is 13.7. The maximum atomic E-state index is 13.3. The van der Waals surface area contributed by atoms with Crippen molar-refractivity contribution in [1.29, 1.82) is 0 Å². The third kappa shape index (κ3) is 7.72. The van der Waals surface area contributed by atoms with Gasteiger partial charge < -0.3 is 10.2 Å². The molecule has 174 valence electrons. The molecule has 0 aromatic heterocycles. The first-order chi connectivity index (χ1) is 15.3. The molecule has 0 radical (unpaired) electrons. The molecular weight excluding hydrogens is 463 g/mol. The van der Waals surface area contributed by atoms with Crippen molar-refractivity contribution >= 4 is 46.8 Å². The van der Waals surface area contributed by atoms with Gasteiger partial charge in [0.25, 0.3) is 0 Å². The number of hydrogen-bond donors (Lipinski definition) is 1. The number of benzene rings is 2. The van der Waals surface area contributed by atoms with Crippen LogP contribution in [0.5, 0.6) is 0 Å². The Labute approximate surface area is 206 Å². The average Bonchev–Trinajstić information content (AvgIpc) is 2.76. The molecule has 4 nitrogen and oxygen atoms in total. The number of hydrogen-bond acceptors (Lipinski definition) is 3. The van der Waals surface area contributed by atoms with Crippen LogP contribution in [0.25, 0.3) is 0 Å². The van der Waals surface area contributed by atoms with Crippen molar-refractivity contribution in [2.75, 3.05) is 5.75 Å². The zero-order chi connectivity index (χ0) is 23.7. The summed E-state index contributed by atoms with van der Waals surface area (Å²) in [6.45, 7) is 8.37. The number of carbonyl (C=O) groups is 2. The first-order valence-electron chi connectivity index (χ1n) is 10.9. The SMILES string of the molecule is CC[C@@H](C)NC(=O)[C@H](CC)N(Cc1ccccc1C)C(=O)CSCc1ccc(Cl)cc1Cl. The van der Waals surface area contributed by atoms with Crippen LogP contribution < -0.4 is 5.32 Å². The summed E-state index contributed by atoms with van der Waals surface area (Å²) in [6.07, 6.45) is 1.39. The van der Waals surface area contributed by atoms with E-state index in [-0.39, 0.29) is 23.6 Å². The van der Waals surface area contributed by atoms with Crippen LogP contribution in [0.4, 0.5) is 0 Å². The Balaban J connectivity index is 2.17. The minimum absolute atomic E-state index is 0.0607. The van der Waals surface area contributed by atoms with E-state index in [1.54, 1.807) is 17.0 Å². The van der Waals surface area contributed by atoms with Crippen molar-refractivity contribution in [2.24, 2.45) is 0 Å². The number of carbonyl (C=O) groups excluding carboxylic acids is 2. The molecule has 0 heterocycles. The monoisotopic (exact) mass is 494 g/mol. The molecule has 2 rings (SSSR count). The van der Waals surface area contributed by atoms with Crippen LogP contribution in [0.3, 0.4) is 0 Å². The lowest BCUT2D eigenvalue weighted by atomic mass is 10.1. The molecule has 2 aromatic carbocycles. The minimum Gasteiger partial charge on any atom is -0.352 e. The van der Waals surface area contributed by atoms with E-state index in [4.69, 9.17) is 23.2 Å². The highest BCUT2D eigenvalue weighted by molar-refractivity contribution is 7.99. The fourth-order valence-corrected chi connectivity index (χ4v) is 4.77. The van der Waals surface area contributed by atoms with E-state index in [1.807, 2.05) is 58.0 Å². The smallest absolute Gasteiger partial charge is 0.243 e. The van der Waals surface area contributed by atoms with Gasteiger partial charge >= 0.3 is 0 Å². The topological polar surface area (TPSA) is 49.4 Å². The molecule has 2 aromatic rings. The molecule has 0 aliphatic rings. The summed E-state index contributed by atoms with van der Waals surface area (Å²) in [5.74, 6) is 0.692. The Morgan fingerprint density at radius 2 is 1.78 bits per heavy atom. The van der Waals surface area contributed by atoms with Crippen molar-refractivity contribution in [2.45, 2.75) is 64.9 Å². The van der Waals surface area contributed by atoms with Gasteiger partial charge in [-0.25, -0.2) is 0 Å². The van der Waals surface area contributed by atoms with Crippen LogP contribution >= 0.6 is 35.0 Å². The van der Waals surface area contributed by atoms with Crippen molar-refractivity contribution < 1.29 is 9.59 Å². The molecule has 0 unspecified atom stereocenters. The van der Waals surface area contributed by atoms with Gasteiger partial charge in [-0.05, 0) is 55.5 Å². The van der Waals surface area contributed by atoms with Crippen molar-refractivity contribution in [3.8, 4) is 0 Å². The second kappa shape index (κ2) is 13.1. The van der Waals surface area contributed by atoms with Crippen LogP contribution in [0, 0.1) is 6.92 Å². The number of amides is 2. The summed E-state index contributed by atoms with van der Waals surface area (Å²) in [6, 6.07) is 12.9. The zero-order valence-electron chi connectivity index (χ0n) is 19.2. The molecule has 0 aliphatic heterocycles. The molecule has 32 heavy (non-hydrogen) atoms. The highest BCUT2D eigenvalue weighted by atomic mass is 35.5. The molecule has 0 aliphatic carbocycles. The van der Waals surface area contributed by atoms with E-state index in [0.717, 1.165) is 23.1 Å². The van der Waals surface area contributed by atoms with Gasteiger partial charge in [0.1, 0.15) is 6.04 Å². The van der Waals surface area contributed by atoms with Crippen LogP contribution in [0.2, 0.25) is 10.0 Å². The first kappa shape index (κ1) is 26.6. The normalized spacial score (nSPS) is 12.8. The maximum absolute atomic E-state index is 13.3. The van der Waals surface area contributed by atoms with E-state index >= 15 is 0 Å². The highest BCUT2D eigenvalue weighted by Crippen LogP contribution is 2.25. The Bertz CT molecular complexity index is 923. The molecule has 1 N–H and O–H groups in total. The minimum atomic E-state index is -0.518. The van der Waals surface area contributed by atoms with E-state index < -0.39 is 6.04 Å². The maximum Gasteiger partial charge on any atom is 0.243 e. The van der Waals surface area contributed by atoms with Gasteiger partial charge in [0.2, 0.25) is 11.8 Å². The third-order valence-corrected chi connectivity index (χ3v) is 7.04. The number of nitrogens with one attached hydrogen (secondary N) is 1. The summed E-state index contributed by atoms with van der Waals surface area (Å²) in [7, 11) is 0. The summed E-state index contributed by atoms with van der Waals surface area (Å²) in [5, 5.41) is 4.22. The number of aryl methyl sites for hydroxylation is 1. The van der Waals surface area contributed by atoms with Crippen LogP contribution in [0.15, 0.2) is 42.5 Å². The molecule has 7 heteroatoms. The Hall–Kier alpha value is -1.69. The lowest BCUT2D eigenvalue weighted by Crippen LogP contribution is -2.51. The number of halogens is 2. The molecule has 0 saturated carbocycles. The van der Waals surface area contributed by atoms with Crippen molar-refractivity contribution in [1.82, 2.24) is 10.2 Å². The number of thioether (sulfide) groups is 1. The molecule has 0 saturated heterocycles. The number of nitrogens with zero attached hydrogens (tertiary/aromatic N) is 1. The molecule has 2 amide bonds. The summed E-state index contributed by atoms with van der Waals surface area (Å²) in [4.78, 5) is 28.0. The third-order valence-electron chi connectivity index (χ3n) is 5.49. The molecule has 0 fully saturated rings. The van der Waals surface area contributed by atoms with Crippen molar-refractivity contribution in [3.05, 3.63) is 69.2 Å². The van der Waals surface area contributed by atoms with Gasteiger partial charge in [-0.3, -0.25) is 9.59 Å². The van der Waals surface area contributed by atoms with Gasteiger partial charge in [-0.1, -0.05) is 67.4 Å². The van der Waals surface area contributed by atoms with Crippen LogP contribution in [0.1, 0.15) is 50.3 Å². The zero-order valence-corrected chi connectivity index (χ0v) is 21.5. The van der Waals surface area contributed by atoms with Gasteiger partial charge in [-0.15, -0.1) is 11.8 Å². The largest absolute Gasteiger partial charge is 0.352 e. The Morgan fingerprint density at radius 1 is 1.06 bits per heavy atom.